The van der Waals surface area contributed by atoms with Gasteiger partial charge in [0.05, 0.1) is 11.3 Å². The van der Waals surface area contributed by atoms with Crippen molar-refractivity contribution >= 4 is 34.7 Å². The fourth-order valence-electron chi connectivity index (χ4n) is 3.40. The van der Waals surface area contributed by atoms with Crippen LogP contribution in [0.2, 0.25) is 0 Å². The maximum atomic E-state index is 13.0. The van der Waals surface area contributed by atoms with Gasteiger partial charge in [-0.15, -0.1) is 11.3 Å². The molecule has 1 aliphatic rings. The van der Waals surface area contributed by atoms with Gasteiger partial charge in [-0.2, -0.15) is 0 Å². The number of fused-ring (bicyclic) bond motifs is 3. The van der Waals surface area contributed by atoms with Crippen LogP contribution in [0, 0.1) is 6.92 Å². The number of carbonyl (C=O) groups excluding carboxylic acids is 1. The third-order valence-corrected chi connectivity index (χ3v) is 6.32. The lowest BCUT2D eigenvalue weighted by Crippen LogP contribution is -2.60. The lowest BCUT2D eigenvalue weighted by atomic mass is 10.0. The van der Waals surface area contributed by atoms with Gasteiger partial charge in [-0.3, -0.25) is 14.6 Å². The molecule has 0 spiro atoms. The summed E-state index contributed by atoms with van der Waals surface area (Å²) in [6.45, 7) is 5.57. The first-order chi connectivity index (χ1) is 13.0. The third kappa shape index (κ3) is 2.89. The fraction of sp³-hybridized carbons (Fsp3) is 0.263. The number of para-hydroxylation sites is 1. The van der Waals surface area contributed by atoms with Crippen LogP contribution in [0.4, 0.5) is 5.69 Å². The van der Waals surface area contributed by atoms with Crippen molar-refractivity contribution in [3.05, 3.63) is 56.5 Å². The van der Waals surface area contributed by atoms with Crippen LogP contribution in [0.15, 0.2) is 45.7 Å². The molecule has 0 unspecified atom stereocenters. The highest BCUT2D eigenvalue weighted by atomic mass is 32.2. The van der Waals surface area contributed by atoms with E-state index in [9.17, 15) is 9.59 Å². The summed E-state index contributed by atoms with van der Waals surface area (Å²) >= 11 is 3.04. The molecule has 1 amide bonds. The summed E-state index contributed by atoms with van der Waals surface area (Å²) in [5.74, 6) is 0.697. The summed E-state index contributed by atoms with van der Waals surface area (Å²) in [5, 5.41) is 7.26. The first kappa shape index (κ1) is 17.9. The smallest absolute Gasteiger partial charge is 0.291 e. The number of nitrogens with one attached hydrogen (secondary N) is 1. The number of rotatable bonds is 3. The van der Waals surface area contributed by atoms with Gasteiger partial charge in [0.15, 0.2) is 0 Å². The van der Waals surface area contributed by atoms with Gasteiger partial charge in [0.2, 0.25) is 11.1 Å². The predicted octanol–water partition coefficient (Wildman–Crippen LogP) is 3.12. The largest absolute Gasteiger partial charge is 0.325 e. The maximum absolute atomic E-state index is 13.0. The van der Waals surface area contributed by atoms with Crippen molar-refractivity contribution in [1.82, 2.24) is 10.1 Å². The number of thioether (sulfide) groups is 1. The number of carbonyl (C=O) groups is 1. The first-order valence-electron chi connectivity index (χ1n) is 8.65. The van der Waals surface area contributed by atoms with E-state index in [2.05, 4.69) is 4.98 Å². The predicted molar refractivity (Wildman–Crippen MR) is 107 cm³/mol. The number of H-pyrrole nitrogens is 1. The third-order valence-electron chi connectivity index (χ3n) is 4.51. The van der Waals surface area contributed by atoms with Crippen LogP contribution in [0.5, 0.6) is 0 Å². The molecule has 3 aromatic rings. The van der Waals surface area contributed by atoms with E-state index < -0.39 is 6.17 Å². The monoisotopic (exact) mass is 399 g/mol. The Balaban J connectivity index is 2.09. The zero-order chi connectivity index (χ0) is 19.1. The Kier molecular flexibility index (Phi) is 4.61. The molecule has 27 heavy (non-hydrogen) atoms. The highest BCUT2D eigenvalue weighted by Gasteiger charge is 2.45. The summed E-state index contributed by atoms with van der Waals surface area (Å²) in [5.41, 5.74) is 2.78. The Bertz CT molecular complexity index is 1090. The van der Waals surface area contributed by atoms with E-state index in [0.29, 0.717) is 16.4 Å². The number of aryl methyl sites for hydroxylation is 1. The number of nitrogens with zero attached hydrogens (tertiary/aromatic N) is 3. The molecular formula is C19H19N4O2S2+. The van der Waals surface area contributed by atoms with E-state index >= 15 is 0 Å². The molecule has 1 N–H and O–H groups in total. The molecule has 0 bridgehead atoms. The van der Waals surface area contributed by atoms with E-state index in [4.69, 9.17) is 5.10 Å². The maximum Gasteiger partial charge on any atom is 0.325 e. The highest BCUT2D eigenvalue weighted by molar-refractivity contribution is 7.99. The highest BCUT2D eigenvalue weighted by Crippen LogP contribution is 2.39. The topological polar surface area (TPSA) is 69.9 Å². The van der Waals surface area contributed by atoms with Crippen molar-refractivity contribution in [3.8, 4) is 11.3 Å². The quantitative estimate of drug-likeness (QED) is 0.543. The molecule has 0 aliphatic carbocycles. The summed E-state index contributed by atoms with van der Waals surface area (Å²) < 4.78 is 1.71. The molecule has 1 atom stereocenters. The van der Waals surface area contributed by atoms with Crippen LogP contribution in [0.25, 0.3) is 11.3 Å². The van der Waals surface area contributed by atoms with Crippen LogP contribution in [-0.2, 0) is 4.79 Å². The first-order valence-corrected chi connectivity index (χ1v) is 10.5. The molecule has 0 saturated heterocycles. The van der Waals surface area contributed by atoms with Gasteiger partial charge in [-0.1, -0.05) is 30.8 Å². The second kappa shape index (κ2) is 6.94. The van der Waals surface area contributed by atoms with Crippen molar-refractivity contribution in [2.75, 3.05) is 10.7 Å². The summed E-state index contributed by atoms with van der Waals surface area (Å²) in [4.78, 5) is 31.3. The minimum atomic E-state index is -0.481. The van der Waals surface area contributed by atoms with Crippen molar-refractivity contribution in [2.45, 2.75) is 32.1 Å². The van der Waals surface area contributed by atoms with E-state index in [1.165, 1.54) is 11.8 Å². The lowest BCUT2D eigenvalue weighted by Gasteiger charge is -2.31. The van der Waals surface area contributed by atoms with Gasteiger partial charge in [0.25, 0.3) is 0 Å². The van der Waals surface area contributed by atoms with Crippen molar-refractivity contribution < 1.29 is 9.48 Å². The van der Waals surface area contributed by atoms with Gasteiger partial charge < -0.3 is 0 Å². The number of amides is 1. The molecule has 0 fully saturated rings. The number of thiophene rings is 1. The Hall–Kier alpha value is -2.45. The molecule has 0 radical (unpaired) electrons. The lowest BCUT2D eigenvalue weighted by molar-refractivity contribution is -0.762. The summed E-state index contributed by atoms with van der Waals surface area (Å²) in [6.07, 6.45) is -0.481. The van der Waals surface area contributed by atoms with E-state index in [1.54, 1.807) is 27.8 Å². The fourth-order valence-corrected chi connectivity index (χ4v) is 4.99. The van der Waals surface area contributed by atoms with E-state index in [-0.39, 0.29) is 11.5 Å². The van der Waals surface area contributed by atoms with Gasteiger partial charge in [-0.25, -0.2) is 4.90 Å². The second-order valence-corrected chi connectivity index (χ2v) is 8.43. The van der Waals surface area contributed by atoms with Crippen molar-refractivity contribution in [1.29, 1.82) is 0 Å². The Morgan fingerprint density at radius 2 is 2.15 bits per heavy atom. The van der Waals surface area contributed by atoms with Crippen LogP contribution in [0.3, 0.4) is 0 Å². The zero-order valence-corrected chi connectivity index (χ0v) is 16.9. The Morgan fingerprint density at radius 3 is 2.81 bits per heavy atom. The Labute approximate surface area is 164 Å². The second-order valence-electron chi connectivity index (χ2n) is 6.23. The number of aromatic nitrogens is 3. The molecule has 4 rings (SSSR count). The number of hydrogen-bond donors (Lipinski definition) is 1. The molecule has 138 valence electrons. The van der Waals surface area contributed by atoms with E-state index in [0.717, 1.165) is 21.9 Å². The summed E-state index contributed by atoms with van der Waals surface area (Å²) in [7, 11) is 0. The SMILES string of the molecule is CCSc1n[n+]2c(c(=O)[nH]1)-c1ccccc1N(C(C)=O)[C@H]2c1sccc1C. The minimum Gasteiger partial charge on any atom is -0.291 e. The van der Waals surface area contributed by atoms with Crippen molar-refractivity contribution in [2.24, 2.45) is 0 Å². The van der Waals surface area contributed by atoms with Crippen molar-refractivity contribution in [3.63, 3.8) is 0 Å². The van der Waals surface area contributed by atoms with Crippen LogP contribution >= 0.6 is 23.1 Å². The van der Waals surface area contributed by atoms with Crippen LogP contribution in [0.1, 0.15) is 30.5 Å². The molecule has 3 heterocycles. The van der Waals surface area contributed by atoms with Gasteiger partial charge >= 0.3 is 17.4 Å². The Morgan fingerprint density at radius 1 is 1.37 bits per heavy atom. The van der Waals surface area contributed by atoms with E-state index in [1.807, 2.05) is 49.6 Å². The summed E-state index contributed by atoms with van der Waals surface area (Å²) in [6, 6.07) is 9.51. The molecule has 2 aromatic heterocycles. The zero-order valence-electron chi connectivity index (χ0n) is 15.2. The molecular weight excluding hydrogens is 380 g/mol. The molecule has 0 saturated carbocycles. The number of anilines is 1. The number of aromatic amines is 1. The number of benzene rings is 1. The number of hydrogen-bond acceptors (Lipinski definition) is 5. The van der Waals surface area contributed by atoms with Crippen LogP contribution in [-0.4, -0.2) is 21.7 Å². The van der Waals surface area contributed by atoms with Gasteiger partial charge in [-0.05, 0) is 46.5 Å². The van der Waals surface area contributed by atoms with Gasteiger partial charge in [0.1, 0.15) is 4.88 Å². The molecule has 1 aliphatic heterocycles. The molecule has 8 heteroatoms. The van der Waals surface area contributed by atoms with Crippen LogP contribution < -0.4 is 15.1 Å². The molecule has 6 nitrogen and oxygen atoms in total. The van der Waals surface area contributed by atoms with Gasteiger partial charge in [0, 0.05) is 12.0 Å². The average molecular weight is 400 g/mol. The normalized spacial score (nSPS) is 15.4. The standard InChI is InChI=1S/C19H18N4O2S2/c1-4-26-19-20-17(25)15-13-7-5-6-8-14(13)22(12(3)24)18(23(15)21-19)16-11(2)9-10-27-16/h5-10,18H,4H2,1-3H3/p+1/t18-/m1/s1. The average Bonchev–Trinajstić information content (AvgIpc) is 3.05. The molecule has 1 aromatic carbocycles. The minimum absolute atomic E-state index is 0.0924.